The Hall–Kier alpha value is -3.94. The fourth-order valence-corrected chi connectivity index (χ4v) is 4.97. The van der Waals surface area contributed by atoms with Crippen LogP contribution in [0.5, 0.6) is 5.75 Å². The lowest BCUT2D eigenvalue weighted by atomic mass is 9.93. The molecule has 1 N–H and O–H groups in total. The molecular weight excluding hydrogens is 426 g/mol. The summed E-state index contributed by atoms with van der Waals surface area (Å²) in [5.74, 6) is 1.76. The average Bonchev–Trinajstić information content (AvgIpc) is 3.48. The van der Waals surface area contributed by atoms with E-state index in [1.807, 2.05) is 63.1 Å². The highest BCUT2D eigenvalue weighted by molar-refractivity contribution is 5.93. The molecule has 1 aliphatic rings. The van der Waals surface area contributed by atoms with Crippen LogP contribution < -0.4 is 10.1 Å². The average molecular weight is 454 g/mol. The largest absolute Gasteiger partial charge is 0.490 e. The Morgan fingerprint density at radius 2 is 1.88 bits per heavy atom. The summed E-state index contributed by atoms with van der Waals surface area (Å²) in [6, 6.07) is 12.5. The molecule has 4 heterocycles. The van der Waals surface area contributed by atoms with Gasteiger partial charge < -0.3 is 10.1 Å². The van der Waals surface area contributed by atoms with Gasteiger partial charge in [-0.05, 0) is 49.9 Å². The number of anilines is 1. The zero-order valence-corrected chi connectivity index (χ0v) is 19.3. The van der Waals surface area contributed by atoms with E-state index in [1.165, 1.54) is 0 Å². The summed E-state index contributed by atoms with van der Waals surface area (Å²) in [4.78, 5) is 8.99. The number of pyridine rings is 2. The molecule has 1 fully saturated rings. The van der Waals surface area contributed by atoms with Crippen LogP contribution in [-0.2, 0) is 7.05 Å². The van der Waals surface area contributed by atoms with Gasteiger partial charge in [0.2, 0.25) is 0 Å². The lowest BCUT2D eigenvalue weighted by Gasteiger charge is -2.30. The zero-order chi connectivity index (χ0) is 23.1. The maximum atomic E-state index is 6.45. The first-order valence-corrected chi connectivity index (χ1v) is 11.7. The Balaban J connectivity index is 1.26. The topological polar surface area (TPSA) is 82.7 Å². The van der Waals surface area contributed by atoms with Crippen LogP contribution in [0.4, 0.5) is 5.82 Å². The van der Waals surface area contributed by atoms with E-state index in [1.54, 1.807) is 4.68 Å². The number of aryl methyl sites for hydroxylation is 1. The third-order valence-electron chi connectivity index (χ3n) is 6.72. The minimum atomic E-state index is 0.191. The van der Waals surface area contributed by atoms with Crippen LogP contribution >= 0.6 is 0 Å². The molecule has 34 heavy (non-hydrogen) atoms. The van der Waals surface area contributed by atoms with Gasteiger partial charge in [0.05, 0.1) is 29.4 Å². The van der Waals surface area contributed by atoms with Crippen molar-refractivity contribution < 1.29 is 4.74 Å². The van der Waals surface area contributed by atoms with E-state index in [0.29, 0.717) is 6.04 Å². The number of nitrogens with one attached hydrogen (secondary N) is 1. The second-order valence-corrected chi connectivity index (χ2v) is 8.91. The highest BCUT2D eigenvalue weighted by atomic mass is 16.5. The predicted octanol–water partition coefficient (Wildman–Crippen LogP) is 4.98. The second-order valence-electron chi connectivity index (χ2n) is 8.91. The molecule has 0 saturated heterocycles. The molecule has 0 radical (unpaired) electrons. The van der Waals surface area contributed by atoms with Crippen molar-refractivity contribution in [3.8, 4) is 17.0 Å². The van der Waals surface area contributed by atoms with Crippen molar-refractivity contribution in [2.24, 2.45) is 7.05 Å². The lowest BCUT2D eigenvalue weighted by Crippen LogP contribution is -2.26. The molecule has 1 aliphatic carbocycles. The van der Waals surface area contributed by atoms with Gasteiger partial charge in [0.1, 0.15) is 17.3 Å². The zero-order valence-electron chi connectivity index (χ0n) is 19.3. The van der Waals surface area contributed by atoms with Crippen LogP contribution in [0.3, 0.4) is 0 Å². The molecular formula is C26H27N7O. The van der Waals surface area contributed by atoms with Crippen LogP contribution in [0, 0.1) is 0 Å². The number of benzene rings is 1. The molecule has 0 unspecified atom stereocenters. The van der Waals surface area contributed by atoms with Crippen LogP contribution in [0.1, 0.15) is 31.7 Å². The van der Waals surface area contributed by atoms with E-state index in [0.717, 1.165) is 70.3 Å². The van der Waals surface area contributed by atoms with Crippen molar-refractivity contribution in [2.75, 3.05) is 12.4 Å². The van der Waals surface area contributed by atoms with E-state index in [4.69, 9.17) is 9.84 Å². The van der Waals surface area contributed by atoms with E-state index in [-0.39, 0.29) is 6.10 Å². The standard InChI is InChI=1S/C26H27N7O/c1-27-25-13-23-21(15-29-25)26(17-14-30-32(2)16-17)31-33(23)18-8-10-19(11-9-18)34-24-7-3-6-22-20(24)5-4-12-28-22/h3-7,12-16,18-19H,8-11H2,1-2H3,(H,27,29)/t18-,19+. The summed E-state index contributed by atoms with van der Waals surface area (Å²) >= 11 is 0. The van der Waals surface area contributed by atoms with Crippen molar-refractivity contribution in [1.82, 2.24) is 29.5 Å². The number of hydrogen-bond donors (Lipinski definition) is 1. The first-order valence-electron chi connectivity index (χ1n) is 11.7. The van der Waals surface area contributed by atoms with Crippen molar-refractivity contribution in [2.45, 2.75) is 37.8 Å². The fourth-order valence-electron chi connectivity index (χ4n) is 4.97. The van der Waals surface area contributed by atoms with Gasteiger partial charge in [-0.15, -0.1) is 0 Å². The quantitative estimate of drug-likeness (QED) is 0.404. The summed E-state index contributed by atoms with van der Waals surface area (Å²) in [6.07, 6.45) is 11.8. The van der Waals surface area contributed by atoms with E-state index >= 15 is 0 Å². The Kier molecular flexibility index (Phi) is 5.13. The van der Waals surface area contributed by atoms with Gasteiger partial charge in [0, 0.05) is 55.1 Å². The van der Waals surface area contributed by atoms with Crippen LogP contribution in [-0.4, -0.2) is 42.7 Å². The first kappa shape index (κ1) is 20.7. The molecule has 172 valence electrons. The Bertz CT molecular complexity index is 1460. The van der Waals surface area contributed by atoms with Crippen molar-refractivity contribution in [1.29, 1.82) is 0 Å². The highest BCUT2D eigenvalue weighted by Crippen LogP contribution is 2.37. The molecule has 6 rings (SSSR count). The number of ether oxygens (including phenoxy) is 1. The highest BCUT2D eigenvalue weighted by Gasteiger charge is 2.27. The first-order chi connectivity index (χ1) is 16.7. The molecule has 4 aromatic heterocycles. The maximum absolute atomic E-state index is 6.45. The van der Waals surface area contributed by atoms with Gasteiger partial charge in [-0.25, -0.2) is 4.98 Å². The van der Waals surface area contributed by atoms with E-state index in [9.17, 15) is 0 Å². The van der Waals surface area contributed by atoms with Crippen molar-refractivity contribution in [3.05, 3.63) is 61.2 Å². The summed E-state index contributed by atoms with van der Waals surface area (Å²) in [7, 11) is 3.82. The Morgan fingerprint density at radius 1 is 1.00 bits per heavy atom. The fraction of sp³-hybridized carbons (Fsp3) is 0.308. The molecule has 8 heteroatoms. The molecule has 0 amide bonds. The molecule has 0 bridgehead atoms. The van der Waals surface area contributed by atoms with Gasteiger partial charge in [0.15, 0.2) is 0 Å². The minimum Gasteiger partial charge on any atom is -0.490 e. The third kappa shape index (κ3) is 3.65. The van der Waals surface area contributed by atoms with Gasteiger partial charge in [-0.1, -0.05) is 6.07 Å². The van der Waals surface area contributed by atoms with E-state index in [2.05, 4.69) is 37.2 Å². The second kappa shape index (κ2) is 8.44. The minimum absolute atomic E-state index is 0.191. The van der Waals surface area contributed by atoms with Crippen LogP contribution in [0.2, 0.25) is 0 Å². The van der Waals surface area contributed by atoms with Gasteiger partial charge in [-0.3, -0.25) is 14.3 Å². The molecule has 0 aliphatic heterocycles. The summed E-state index contributed by atoms with van der Waals surface area (Å²) < 4.78 is 10.5. The van der Waals surface area contributed by atoms with Gasteiger partial charge >= 0.3 is 0 Å². The molecule has 0 spiro atoms. The lowest BCUT2D eigenvalue weighted by molar-refractivity contribution is 0.132. The van der Waals surface area contributed by atoms with Crippen LogP contribution in [0.15, 0.2) is 61.2 Å². The molecule has 1 aromatic carbocycles. The number of hydrogen-bond acceptors (Lipinski definition) is 6. The summed E-state index contributed by atoms with van der Waals surface area (Å²) in [5.41, 5.74) is 4.00. The molecule has 5 aromatic rings. The van der Waals surface area contributed by atoms with Crippen molar-refractivity contribution in [3.63, 3.8) is 0 Å². The number of aromatic nitrogens is 6. The molecule has 0 atom stereocenters. The van der Waals surface area contributed by atoms with Gasteiger partial charge in [-0.2, -0.15) is 10.2 Å². The van der Waals surface area contributed by atoms with Gasteiger partial charge in [0.25, 0.3) is 0 Å². The van der Waals surface area contributed by atoms with Crippen LogP contribution in [0.25, 0.3) is 33.1 Å². The summed E-state index contributed by atoms with van der Waals surface area (Å²) in [5, 5.41) is 14.7. The van der Waals surface area contributed by atoms with E-state index < -0.39 is 0 Å². The summed E-state index contributed by atoms with van der Waals surface area (Å²) in [6.45, 7) is 0. The third-order valence-corrected chi connectivity index (χ3v) is 6.72. The van der Waals surface area contributed by atoms with Crippen molar-refractivity contribution >= 4 is 27.6 Å². The number of nitrogens with zero attached hydrogens (tertiary/aromatic N) is 6. The number of rotatable bonds is 5. The predicted molar refractivity (Wildman–Crippen MR) is 133 cm³/mol. The molecule has 8 nitrogen and oxygen atoms in total. The normalized spacial score (nSPS) is 18.4. The Labute approximate surface area is 197 Å². The molecule has 1 saturated carbocycles. The monoisotopic (exact) mass is 453 g/mol. The smallest absolute Gasteiger partial charge is 0.129 e. The SMILES string of the molecule is CNc1cc2c(cn1)c(-c1cnn(C)c1)nn2[C@H]1CC[C@@H](Oc2cccc3ncccc23)CC1. The number of fused-ring (bicyclic) bond motifs is 2. The maximum Gasteiger partial charge on any atom is 0.129 e. The Morgan fingerprint density at radius 3 is 2.68 bits per heavy atom.